The van der Waals surface area contributed by atoms with Gasteiger partial charge in [0.15, 0.2) is 9.84 Å². The first-order chi connectivity index (χ1) is 10.3. The van der Waals surface area contributed by atoms with Gasteiger partial charge in [-0.1, -0.05) is 0 Å². The smallest absolute Gasteiger partial charge is 0.322 e. The monoisotopic (exact) mass is 323 g/mol. The summed E-state index contributed by atoms with van der Waals surface area (Å²) >= 11 is 0. The quantitative estimate of drug-likeness (QED) is 0.914. The van der Waals surface area contributed by atoms with Gasteiger partial charge in [0, 0.05) is 30.7 Å². The molecule has 1 aliphatic carbocycles. The number of hydrogen-bond donors (Lipinski definition) is 1. The normalized spacial score (nSPS) is 23.8. The summed E-state index contributed by atoms with van der Waals surface area (Å²) in [5, 5.41) is 2.89. The second-order valence-electron chi connectivity index (χ2n) is 6.44. The number of urea groups is 1. The molecule has 2 amide bonds. The van der Waals surface area contributed by atoms with Gasteiger partial charge < -0.3 is 5.32 Å². The molecule has 0 aromatic carbocycles. The molecule has 1 N–H and O–H groups in total. The number of carbonyl (C=O) groups is 1. The molecule has 0 spiro atoms. The van der Waals surface area contributed by atoms with E-state index in [1.165, 1.54) is 6.26 Å². The zero-order valence-electron chi connectivity index (χ0n) is 13.0. The van der Waals surface area contributed by atoms with Gasteiger partial charge in [-0.05, 0) is 44.7 Å². The van der Waals surface area contributed by atoms with Crippen LogP contribution in [0.25, 0.3) is 0 Å². The summed E-state index contributed by atoms with van der Waals surface area (Å²) in [7, 11) is -3.18. The molecule has 22 heavy (non-hydrogen) atoms. The molecule has 0 radical (unpaired) electrons. The number of carbonyl (C=O) groups excluding carboxylic acids is 1. The van der Waals surface area contributed by atoms with Crippen LogP contribution in [-0.2, 0) is 16.3 Å². The highest BCUT2D eigenvalue weighted by Gasteiger charge is 2.56. The number of sulfone groups is 1. The van der Waals surface area contributed by atoms with Crippen molar-refractivity contribution >= 4 is 21.6 Å². The van der Waals surface area contributed by atoms with Crippen molar-refractivity contribution in [3.05, 3.63) is 24.0 Å². The number of nitrogens with zero attached hydrogens (tertiary/aromatic N) is 2. The van der Waals surface area contributed by atoms with Crippen LogP contribution >= 0.6 is 0 Å². The van der Waals surface area contributed by atoms with Crippen LogP contribution in [0.3, 0.4) is 0 Å². The summed E-state index contributed by atoms with van der Waals surface area (Å²) in [6.07, 6.45) is 6.69. The van der Waals surface area contributed by atoms with Crippen LogP contribution in [0.4, 0.5) is 10.5 Å². The highest BCUT2D eigenvalue weighted by atomic mass is 32.2. The molecule has 1 aliphatic heterocycles. The third-order valence-electron chi connectivity index (χ3n) is 4.92. The molecule has 1 fully saturated rings. The average molecular weight is 323 g/mol. The Hall–Kier alpha value is -1.63. The highest BCUT2D eigenvalue weighted by Crippen LogP contribution is 2.46. The van der Waals surface area contributed by atoms with Crippen LogP contribution < -0.4 is 10.2 Å². The molecule has 0 saturated heterocycles. The number of amides is 2. The maximum absolute atomic E-state index is 12.6. The minimum atomic E-state index is -3.18. The predicted octanol–water partition coefficient (Wildman–Crippen LogP) is 1.51. The Morgan fingerprint density at radius 1 is 1.50 bits per heavy atom. The van der Waals surface area contributed by atoms with Gasteiger partial charge in [-0.25, -0.2) is 13.2 Å². The van der Waals surface area contributed by atoms with E-state index in [1.54, 1.807) is 24.2 Å². The summed E-state index contributed by atoms with van der Waals surface area (Å²) in [5.74, 6) is 0. The van der Waals surface area contributed by atoms with E-state index in [4.69, 9.17) is 0 Å². The Labute approximate surface area is 130 Å². The third-order valence-corrected chi connectivity index (χ3v) is 7.16. The number of pyridine rings is 1. The van der Waals surface area contributed by atoms with Crippen molar-refractivity contribution in [2.75, 3.05) is 11.2 Å². The number of rotatable bonds is 3. The van der Waals surface area contributed by atoms with Gasteiger partial charge in [0.05, 0.1) is 10.4 Å². The van der Waals surface area contributed by atoms with E-state index in [1.807, 2.05) is 13.0 Å². The van der Waals surface area contributed by atoms with Crippen LogP contribution in [0.15, 0.2) is 18.5 Å². The van der Waals surface area contributed by atoms with Crippen molar-refractivity contribution in [1.29, 1.82) is 0 Å². The second kappa shape index (κ2) is 4.94. The molecular weight excluding hydrogens is 302 g/mol. The van der Waals surface area contributed by atoms with Crippen LogP contribution in [0, 0.1) is 0 Å². The number of fused-ring (bicyclic) bond motifs is 1. The molecule has 120 valence electrons. The summed E-state index contributed by atoms with van der Waals surface area (Å²) < 4.78 is 23.1. The molecule has 6 nitrogen and oxygen atoms in total. The minimum absolute atomic E-state index is 0.0415. The van der Waals surface area contributed by atoms with Crippen molar-refractivity contribution in [1.82, 2.24) is 10.3 Å². The van der Waals surface area contributed by atoms with Gasteiger partial charge in [0.25, 0.3) is 0 Å². The topological polar surface area (TPSA) is 79.4 Å². The molecule has 2 atom stereocenters. The molecule has 1 aromatic heterocycles. The lowest BCUT2D eigenvalue weighted by Crippen LogP contribution is -2.52. The van der Waals surface area contributed by atoms with E-state index in [0.717, 1.165) is 17.7 Å². The first-order valence-electron chi connectivity index (χ1n) is 7.48. The zero-order valence-corrected chi connectivity index (χ0v) is 13.9. The Morgan fingerprint density at radius 3 is 2.77 bits per heavy atom. The highest BCUT2D eigenvalue weighted by molar-refractivity contribution is 7.92. The number of anilines is 1. The summed E-state index contributed by atoms with van der Waals surface area (Å²) in [6.45, 7) is 3.76. The van der Waals surface area contributed by atoms with Gasteiger partial charge in [-0.2, -0.15) is 0 Å². The van der Waals surface area contributed by atoms with E-state index in [0.29, 0.717) is 12.8 Å². The van der Waals surface area contributed by atoms with E-state index < -0.39 is 20.6 Å². The fourth-order valence-corrected chi connectivity index (χ4v) is 4.95. The van der Waals surface area contributed by atoms with Crippen LogP contribution in [0.5, 0.6) is 0 Å². The number of hydrogen-bond acceptors (Lipinski definition) is 4. The van der Waals surface area contributed by atoms with Crippen LogP contribution in [0.1, 0.15) is 32.3 Å². The van der Waals surface area contributed by atoms with Crippen molar-refractivity contribution in [2.24, 2.45) is 0 Å². The molecule has 1 aromatic rings. The molecule has 7 heteroatoms. The molecule has 1 saturated carbocycles. The number of nitrogens with one attached hydrogen (secondary N) is 1. The first-order valence-corrected chi connectivity index (χ1v) is 9.37. The average Bonchev–Trinajstić information content (AvgIpc) is 3.16. The molecule has 2 aliphatic rings. The van der Waals surface area contributed by atoms with Gasteiger partial charge in [-0.15, -0.1) is 0 Å². The summed E-state index contributed by atoms with van der Waals surface area (Å²) in [5.41, 5.74) is 1.90. The molecular formula is C15H21N3O3S. The van der Waals surface area contributed by atoms with E-state index in [2.05, 4.69) is 10.3 Å². The fourth-order valence-electron chi connectivity index (χ4n) is 3.40. The van der Waals surface area contributed by atoms with E-state index in [9.17, 15) is 13.2 Å². The molecule has 3 rings (SSSR count). The largest absolute Gasteiger partial charge is 0.334 e. The predicted molar refractivity (Wildman–Crippen MR) is 84.7 cm³/mol. The summed E-state index contributed by atoms with van der Waals surface area (Å²) in [4.78, 5) is 18.4. The molecule has 2 heterocycles. The Kier molecular flexibility index (Phi) is 3.43. The zero-order chi connectivity index (χ0) is 16.1. The fraction of sp³-hybridized carbons (Fsp3) is 0.600. The Morgan fingerprint density at radius 2 is 2.18 bits per heavy atom. The van der Waals surface area contributed by atoms with Crippen LogP contribution in [0.2, 0.25) is 0 Å². The Balaban J connectivity index is 1.79. The molecule has 2 unspecified atom stereocenters. The maximum atomic E-state index is 12.6. The summed E-state index contributed by atoms with van der Waals surface area (Å²) in [6, 6.07) is 1.24. The van der Waals surface area contributed by atoms with Crippen molar-refractivity contribution < 1.29 is 13.2 Å². The lowest BCUT2D eigenvalue weighted by Gasteiger charge is -2.28. The van der Waals surface area contributed by atoms with Gasteiger partial charge in [0.1, 0.15) is 0 Å². The van der Waals surface area contributed by atoms with E-state index in [-0.39, 0.29) is 12.1 Å². The van der Waals surface area contributed by atoms with Gasteiger partial charge >= 0.3 is 6.03 Å². The van der Waals surface area contributed by atoms with Crippen molar-refractivity contribution in [3.63, 3.8) is 0 Å². The van der Waals surface area contributed by atoms with Crippen molar-refractivity contribution in [2.45, 2.75) is 49.9 Å². The van der Waals surface area contributed by atoms with Crippen molar-refractivity contribution in [3.8, 4) is 0 Å². The third kappa shape index (κ3) is 2.27. The first kappa shape index (κ1) is 15.3. The lowest BCUT2D eigenvalue weighted by atomic mass is 10.2. The van der Waals surface area contributed by atoms with Gasteiger partial charge in [0.2, 0.25) is 0 Å². The van der Waals surface area contributed by atoms with E-state index >= 15 is 0 Å². The van der Waals surface area contributed by atoms with Crippen LogP contribution in [-0.4, -0.2) is 42.5 Å². The Bertz CT molecular complexity index is 712. The number of aromatic nitrogens is 1. The second-order valence-corrected chi connectivity index (χ2v) is 8.79. The van der Waals surface area contributed by atoms with Gasteiger partial charge in [-0.3, -0.25) is 9.88 Å². The maximum Gasteiger partial charge on any atom is 0.322 e. The SMILES string of the molecule is CC1Cc2cnccc2N1C(=O)NC(C)C1(S(C)(=O)=O)CC1. The minimum Gasteiger partial charge on any atom is -0.334 e. The standard InChI is InChI=1S/C15H21N3O3S/c1-10-8-12-9-16-7-4-13(12)18(10)14(19)17-11(2)15(5-6-15)22(3,20)21/h4,7,9-11H,5-6,8H2,1-3H3,(H,17,19). The lowest BCUT2D eigenvalue weighted by molar-refractivity contribution is 0.241. The molecule has 0 bridgehead atoms.